The molecule has 9 nitrogen and oxygen atoms in total. The Kier molecular flexibility index (Phi) is 5.97. The van der Waals surface area contributed by atoms with Crippen molar-refractivity contribution >= 4 is 23.6 Å². The first-order valence-electron chi connectivity index (χ1n) is 8.34. The second kappa shape index (κ2) is 7.96. The molecule has 2 aliphatic rings. The quantitative estimate of drug-likeness (QED) is 0.399. The second-order valence-corrected chi connectivity index (χ2v) is 7.55. The molecule has 3 atom stereocenters. The molecule has 2 aromatic heterocycles. The van der Waals surface area contributed by atoms with Crippen molar-refractivity contribution in [3.63, 3.8) is 0 Å². The van der Waals surface area contributed by atoms with Crippen LogP contribution in [-0.4, -0.2) is 53.8 Å². The van der Waals surface area contributed by atoms with Crippen molar-refractivity contribution < 1.29 is 49.4 Å². The first kappa shape index (κ1) is 21.0. The van der Waals surface area contributed by atoms with Gasteiger partial charge in [0, 0.05) is 24.6 Å². The third-order valence-corrected chi connectivity index (χ3v) is 5.97. The van der Waals surface area contributed by atoms with Crippen molar-refractivity contribution in [2.75, 3.05) is 0 Å². The van der Waals surface area contributed by atoms with E-state index in [0.29, 0.717) is 28.0 Å². The van der Waals surface area contributed by atoms with Crippen LogP contribution in [0.25, 0.3) is 11.5 Å². The normalized spacial score (nSPS) is 21.8. The summed E-state index contributed by atoms with van der Waals surface area (Å²) in [6.45, 7) is 1.53. The van der Waals surface area contributed by atoms with Gasteiger partial charge in [-0.25, -0.2) is 0 Å². The largest absolute Gasteiger partial charge is 1.00 e. The SMILES string of the molecule is C[C@@H](O)[C@H]1C(=O)N2C(C(=O)[O-])=C(Sc3nnc(-c4ccccn4)n3C)C[C@H]12.[Na+]. The number of nitrogens with zero attached hydrogens (tertiary/aromatic N) is 5. The van der Waals surface area contributed by atoms with Crippen LogP contribution in [0.3, 0.4) is 0 Å². The minimum absolute atomic E-state index is 0. The summed E-state index contributed by atoms with van der Waals surface area (Å²) >= 11 is 1.14. The standard InChI is InChI=1S/C17H17N5O4S.Na/c1-8(23)12-10-7-11(13(16(25)26)22(10)15(12)24)27-17-20-19-14(21(17)2)9-5-3-4-6-18-9;/h3-6,8,10,12,23H,7H2,1-2H3,(H,25,26);/q;+1/p-1/t8-,10-,12-;/m1./s1. The zero-order chi connectivity index (χ0) is 19.3. The minimum Gasteiger partial charge on any atom is -0.543 e. The van der Waals surface area contributed by atoms with Gasteiger partial charge < -0.3 is 24.5 Å². The molecule has 11 heteroatoms. The number of aromatic nitrogens is 4. The Labute approximate surface area is 187 Å². The number of pyridine rings is 1. The molecule has 0 aliphatic carbocycles. The van der Waals surface area contributed by atoms with E-state index in [4.69, 9.17) is 0 Å². The zero-order valence-electron chi connectivity index (χ0n) is 15.6. The fourth-order valence-electron chi connectivity index (χ4n) is 3.54. The van der Waals surface area contributed by atoms with Crippen molar-refractivity contribution in [2.45, 2.75) is 30.6 Å². The maximum atomic E-state index is 12.2. The van der Waals surface area contributed by atoms with E-state index in [1.165, 1.54) is 11.8 Å². The Balaban J connectivity index is 0.00000225. The molecule has 0 saturated carbocycles. The van der Waals surface area contributed by atoms with Crippen LogP contribution in [0.4, 0.5) is 0 Å². The molecule has 28 heavy (non-hydrogen) atoms. The van der Waals surface area contributed by atoms with Gasteiger partial charge in [0.05, 0.1) is 29.7 Å². The number of rotatable bonds is 5. The summed E-state index contributed by atoms with van der Waals surface area (Å²) in [5.41, 5.74) is 0.502. The molecule has 1 fully saturated rings. The van der Waals surface area contributed by atoms with E-state index >= 15 is 0 Å². The maximum Gasteiger partial charge on any atom is 1.00 e. The van der Waals surface area contributed by atoms with Crippen molar-refractivity contribution in [1.82, 2.24) is 24.6 Å². The summed E-state index contributed by atoms with van der Waals surface area (Å²) in [7, 11) is 1.76. The minimum atomic E-state index is -1.41. The second-order valence-electron chi connectivity index (χ2n) is 6.49. The molecule has 1 amide bonds. The van der Waals surface area contributed by atoms with Crippen LogP contribution in [0.15, 0.2) is 40.2 Å². The van der Waals surface area contributed by atoms with Crippen LogP contribution < -0.4 is 34.7 Å². The van der Waals surface area contributed by atoms with Gasteiger partial charge in [-0.15, -0.1) is 10.2 Å². The van der Waals surface area contributed by atoms with Gasteiger partial charge in [-0.05, 0) is 19.1 Å². The summed E-state index contributed by atoms with van der Waals surface area (Å²) in [5, 5.41) is 30.2. The molecule has 0 bridgehead atoms. The van der Waals surface area contributed by atoms with Gasteiger partial charge in [0.2, 0.25) is 5.91 Å². The number of carbonyl (C=O) groups is 2. The molecular formula is C17H16N5NaO4S. The average molecular weight is 409 g/mol. The van der Waals surface area contributed by atoms with E-state index in [0.717, 1.165) is 11.8 Å². The molecule has 1 N–H and O–H groups in total. The smallest absolute Gasteiger partial charge is 0.543 e. The van der Waals surface area contributed by atoms with E-state index in [1.54, 1.807) is 29.9 Å². The van der Waals surface area contributed by atoms with Crippen molar-refractivity contribution in [3.8, 4) is 11.5 Å². The summed E-state index contributed by atoms with van der Waals surface area (Å²) in [4.78, 5) is 29.8. The summed E-state index contributed by atoms with van der Waals surface area (Å²) in [5.74, 6) is -1.85. The molecule has 0 unspecified atom stereocenters. The number of amides is 1. The number of carboxylic acid groups (broad SMARTS) is 1. The Morgan fingerprint density at radius 1 is 1.39 bits per heavy atom. The summed E-state index contributed by atoms with van der Waals surface area (Å²) < 4.78 is 1.72. The first-order valence-corrected chi connectivity index (χ1v) is 9.16. The number of aliphatic carboxylic acids is 1. The molecule has 4 rings (SSSR count). The third kappa shape index (κ3) is 3.29. The molecular weight excluding hydrogens is 393 g/mol. The number of carboxylic acids is 1. The fraction of sp³-hybridized carbons (Fsp3) is 0.353. The van der Waals surface area contributed by atoms with E-state index in [-0.39, 0.29) is 41.3 Å². The monoisotopic (exact) mass is 409 g/mol. The number of carbonyl (C=O) groups excluding carboxylic acids is 2. The van der Waals surface area contributed by atoms with Crippen LogP contribution in [0.2, 0.25) is 0 Å². The van der Waals surface area contributed by atoms with Crippen LogP contribution in [0.1, 0.15) is 13.3 Å². The van der Waals surface area contributed by atoms with Crippen LogP contribution >= 0.6 is 11.8 Å². The van der Waals surface area contributed by atoms with Crippen molar-refractivity contribution in [2.24, 2.45) is 13.0 Å². The van der Waals surface area contributed by atoms with Crippen molar-refractivity contribution in [1.29, 1.82) is 0 Å². The summed E-state index contributed by atoms with van der Waals surface area (Å²) in [6, 6.07) is 5.07. The number of hydrogen-bond donors (Lipinski definition) is 1. The molecule has 4 heterocycles. The van der Waals surface area contributed by atoms with E-state index in [9.17, 15) is 19.8 Å². The van der Waals surface area contributed by atoms with Gasteiger partial charge >= 0.3 is 29.6 Å². The molecule has 0 radical (unpaired) electrons. The third-order valence-electron chi connectivity index (χ3n) is 4.82. The van der Waals surface area contributed by atoms with E-state index in [1.807, 2.05) is 6.07 Å². The van der Waals surface area contributed by atoms with Gasteiger partial charge in [-0.2, -0.15) is 0 Å². The van der Waals surface area contributed by atoms with Crippen LogP contribution in [0, 0.1) is 5.92 Å². The molecule has 1 saturated heterocycles. The first-order chi connectivity index (χ1) is 12.9. The zero-order valence-corrected chi connectivity index (χ0v) is 18.4. The van der Waals surface area contributed by atoms with E-state index < -0.39 is 23.9 Å². The average Bonchev–Trinajstić information content (AvgIpc) is 3.14. The summed E-state index contributed by atoms with van der Waals surface area (Å²) in [6.07, 6.45) is 1.15. The molecule has 0 aromatic carbocycles. The Bertz CT molecular complexity index is 962. The number of thioether (sulfide) groups is 1. The number of aliphatic hydroxyl groups is 1. The Hall–Kier alpha value is -1.72. The van der Waals surface area contributed by atoms with Gasteiger partial charge in [-0.1, -0.05) is 17.8 Å². The van der Waals surface area contributed by atoms with Crippen LogP contribution in [-0.2, 0) is 16.6 Å². The maximum absolute atomic E-state index is 12.2. The number of aliphatic hydroxyl groups excluding tert-OH is 1. The molecule has 0 spiro atoms. The molecule has 2 aromatic rings. The van der Waals surface area contributed by atoms with Gasteiger partial charge in [0.1, 0.15) is 5.69 Å². The predicted molar refractivity (Wildman–Crippen MR) is 92.5 cm³/mol. The number of hydrogen-bond acceptors (Lipinski definition) is 8. The molecule has 140 valence electrons. The van der Waals surface area contributed by atoms with E-state index in [2.05, 4.69) is 15.2 Å². The fourth-order valence-corrected chi connectivity index (χ4v) is 4.60. The van der Waals surface area contributed by atoms with Gasteiger partial charge in [0.25, 0.3) is 0 Å². The topological polar surface area (TPSA) is 124 Å². The van der Waals surface area contributed by atoms with Gasteiger partial charge in [0.15, 0.2) is 11.0 Å². The van der Waals surface area contributed by atoms with Crippen molar-refractivity contribution in [3.05, 3.63) is 35.0 Å². The number of fused-ring (bicyclic) bond motifs is 1. The molecule has 2 aliphatic heterocycles. The van der Waals surface area contributed by atoms with Gasteiger partial charge in [-0.3, -0.25) is 9.78 Å². The Morgan fingerprint density at radius 3 is 2.75 bits per heavy atom. The number of β-lactam (4-membered cyclic amide) rings is 1. The predicted octanol–water partition coefficient (Wildman–Crippen LogP) is -3.45. The van der Waals surface area contributed by atoms with Crippen LogP contribution in [0.5, 0.6) is 0 Å². The Morgan fingerprint density at radius 2 is 2.14 bits per heavy atom.